The standard InChI is InChI=1S/C14H21BrN2O/c1-10-13(15)11(2)17(14(18)16-10)9-8-12-6-4-3-5-7-12/h12H,3-9H2,1-2H3. The van der Waals surface area contributed by atoms with Gasteiger partial charge in [-0.1, -0.05) is 32.1 Å². The predicted molar refractivity (Wildman–Crippen MR) is 76.9 cm³/mol. The van der Waals surface area contributed by atoms with Gasteiger partial charge >= 0.3 is 5.69 Å². The van der Waals surface area contributed by atoms with Gasteiger partial charge in [0.25, 0.3) is 0 Å². The highest BCUT2D eigenvalue weighted by Crippen LogP contribution is 2.27. The second-order valence-electron chi connectivity index (χ2n) is 5.32. The Morgan fingerprint density at radius 2 is 1.94 bits per heavy atom. The Morgan fingerprint density at radius 3 is 2.61 bits per heavy atom. The average Bonchev–Trinajstić information content (AvgIpc) is 2.37. The number of hydrogen-bond acceptors (Lipinski definition) is 2. The number of aromatic nitrogens is 2. The summed E-state index contributed by atoms with van der Waals surface area (Å²) >= 11 is 3.51. The summed E-state index contributed by atoms with van der Waals surface area (Å²) in [6.45, 7) is 4.66. The minimum atomic E-state index is -0.107. The summed E-state index contributed by atoms with van der Waals surface area (Å²) in [6, 6.07) is 0. The molecule has 0 atom stereocenters. The topological polar surface area (TPSA) is 34.9 Å². The molecule has 0 radical (unpaired) electrons. The van der Waals surface area contributed by atoms with E-state index in [1.807, 2.05) is 18.4 Å². The molecule has 0 amide bonds. The third kappa shape index (κ3) is 3.02. The van der Waals surface area contributed by atoms with Crippen LogP contribution in [0.5, 0.6) is 0 Å². The molecule has 3 nitrogen and oxygen atoms in total. The number of rotatable bonds is 3. The molecular formula is C14H21BrN2O. The Kier molecular flexibility index (Phi) is 4.60. The van der Waals surface area contributed by atoms with E-state index in [4.69, 9.17) is 0 Å². The molecule has 0 N–H and O–H groups in total. The fraction of sp³-hybridized carbons (Fsp3) is 0.714. The van der Waals surface area contributed by atoms with Crippen molar-refractivity contribution in [2.24, 2.45) is 5.92 Å². The lowest BCUT2D eigenvalue weighted by Crippen LogP contribution is -2.27. The highest BCUT2D eigenvalue weighted by molar-refractivity contribution is 9.10. The lowest BCUT2D eigenvalue weighted by Gasteiger charge is -2.22. The Morgan fingerprint density at radius 1 is 1.28 bits per heavy atom. The second-order valence-corrected chi connectivity index (χ2v) is 6.12. The first-order valence-electron chi connectivity index (χ1n) is 6.83. The van der Waals surface area contributed by atoms with Gasteiger partial charge in [0.2, 0.25) is 0 Å². The van der Waals surface area contributed by atoms with Crippen molar-refractivity contribution in [3.8, 4) is 0 Å². The van der Waals surface area contributed by atoms with Crippen LogP contribution in [0.4, 0.5) is 0 Å². The number of aryl methyl sites for hydroxylation is 1. The molecule has 0 unspecified atom stereocenters. The van der Waals surface area contributed by atoms with Crippen LogP contribution in [0.15, 0.2) is 9.27 Å². The smallest absolute Gasteiger partial charge is 0.295 e. The van der Waals surface area contributed by atoms with E-state index in [2.05, 4.69) is 20.9 Å². The Labute approximate surface area is 117 Å². The molecule has 100 valence electrons. The maximum Gasteiger partial charge on any atom is 0.348 e. The third-order valence-corrected chi connectivity index (χ3v) is 5.17. The van der Waals surface area contributed by atoms with Gasteiger partial charge in [-0.25, -0.2) is 4.79 Å². The third-order valence-electron chi connectivity index (χ3n) is 4.02. The van der Waals surface area contributed by atoms with Crippen LogP contribution in [0.2, 0.25) is 0 Å². The van der Waals surface area contributed by atoms with E-state index >= 15 is 0 Å². The van der Waals surface area contributed by atoms with Crippen LogP contribution in [0.25, 0.3) is 0 Å². The van der Waals surface area contributed by atoms with Crippen molar-refractivity contribution in [1.82, 2.24) is 9.55 Å². The van der Waals surface area contributed by atoms with Gasteiger partial charge in [0, 0.05) is 12.2 Å². The fourth-order valence-corrected chi connectivity index (χ4v) is 3.13. The summed E-state index contributed by atoms with van der Waals surface area (Å²) in [5.41, 5.74) is 1.68. The normalized spacial score (nSPS) is 17.1. The van der Waals surface area contributed by atoms with Crippen molar-refractivity contribution in [2.75, 3.05) is 0 Å². The first-order valence-corrected chi connectivity index (χ1v) is 7.62. The zero-order chi connectivity index (χ0) is 13.1. The summed E-state index contributed by atoms with van der Waals surface area (Å²) < 4.78 is 2.77. The molecule has 1 fully saturated rings. The van der Waals surface area contributed by atoms with Crippen molar-refractivity contribution in [3.63, 3.8) is 0 Å². The fourth-order valence-electron chi connectivity index (χ4n) is 2.83. The van der Waals surface area contributed by atoms with E-state index in [-0.39, 0.29) is 5.69 Å². The molecule has 0 bridgehead atoms. The first-order chi connectivity index (χ1) is 8.59. The molecule has 1 heterocycles. The van der Waals surface area contributed by atoms with Crippen LogP contribution in [-0.2, 0) is 6.54 Å². The highest BCUT2D eigenvalue weighted by Gasteiger charge is 2.15. The van der Waals surface area contributed by atoms with Crippen LogP contribution in [-0.4, -0.2) is 9.55 Å². The monoisotopic (exact) mass is 312 g/mol. The lowest BCUT2D eigenvalue weighted by atomic mass is 9.87. The van der Waals surface area contributed by atoms with Gasteiger partial charge < -0.3 is 0 Å². The molecule has 2 rings (SSSR count). The minimum absolute atomic E-state index is 0.107. The summed E-state index contributed by atoms with van der Waals surface area (Å²) in [5.74, 6) is 0.796. The van der Waals surface area contributed by atoms with E-state index < -0.39 is 0 Å². The summed E-state index contributed by atoms with van der Waals surface area (Å²) in [5, 5.41) is 0. The summed E-state index contributed by atoms with van der Waals surface area (Å²) in [6.07, 6.45) is 7.86. The molecular weight excluding hydrogens is 292 g/mol. The minimum Gasteiger partial charge on any atom is -0.295 e. The molecule has 1 aliphatic carbocycles. The van der Waals surface area contributed by atoms with Crippen molar-refractivity contribution in [3.05, 3.63) is 26.3 Å². The van der Waals surface area contributed by atoms with Gasteiger partial charge in [0.05, 0.1) is 10.2 Å². The number of hydrogen-bond donors (Lipinski definition) is 0. The molecule has 1 aliphatic rings. The van der Waals surface area contributed by atoms with Gasteiger partial charge in [-0.2, -0.15) is 4.98 Å². The number of nitrogens with zero attached hydrogens (tertiary/aromatic N) is 2. The van der Waals surface area contributed by atoms with Gasteiger partial charge in [0.15, 0.2) is 0 Å². The van der Waals surface area contributed by atoms with Crippen LogP contribution in [0.3, 0.4) is 0 Å². The van der Waals surface area contributed by atoms with Crippen molar-refractivity contribution < 1.29 is 0 Å². The Bertz CT molecular complexity index is 475. The SMILES string of the molecule is Cc1nc(=O)n(CCC2CCCCC2)c(C)c1Br. The molecule has 0 spiro atoms. The van der Waals surface area contributed by atoms with Crippen LogP contribution in [0.1, 0.15) is 49.9 Å². The van der Waals surface area contributed by atoms with Gasteiger partial charge in [-0.15, -0.1) is 0 Å². The predicted octanol–water partition coefficient (Wildman–Crippen LogP) is 3.59. The maximum atomic E-state index is 11.9. The highest BCUT2D eigenvalue weighted by atomic mass is 79.9. The van der Waals surface area contributed by atoms with E-state index in [1.165, 1.54) is 32.1 Å². The lowest BCUT2D eigenvalue weighted by molar-refractivity contribution is 0.320. The van der Waals surface area contributed by atoms with E-state index in [9.17, 15) is 4.79 Å². The van der Waals surface area contributed by atoms with E-state index in [0.29, 0.717) is 0 Å². The largest absolute Gasteiger partial charge is 0.348 e. The Hall–Kier alpha value is -0.640. The molecule has 4 heteroatoms. The van der Waals surface area contributed by atoms with Crippen LogP contribution in [0, 0.1) is 19.8 Å². The Balaban J connectivity index is 2.09. The average molecular weight is 313 g/mol. The van der Waals surface area contributed by atoms with Crippen LogP contribution >= 0.6 is 15.9 Å². The molecule has 0 aliphatic heterocycles. The number of halogens is 1. The summed E-state index contributed by atoms with van der Waals surface area (Å²) in [7, 11) is 0. The van der Waals surface area contributed by atoms with E-state index in [1.54, 1.807) is 0 Å². The molecule has 1 saturated carbocycles. The first kappa shape index (κ1) is 13.8. The quantitative estimate of drug-likeness (QED) is 0.855. The molecule has 0 saturated heterocycles. The van der Waals surface area contributed by atoms with Crippen molar-refractivity contribution >= 4 is 15.9 Å². The molecule has 1 aromatic rings. The van der Waals surface area contributed by atoms with E-state index in [0.717, 1.165) is 34.7 Å². The summed E-state index contributed by atoms with van der Waals surface area (Å²) in [4.78, 5) is 16.0. The second kappa shape index (κ2) is 6.00. The zero-order valence-corrected chi connectivity index (χ0v) is 12.8. The zero-order valence-electron chi connectivity index (χ0n) is 11.2. The van der Waals surface area contributed by atoms with Crippen LogP contribution < -0.4 is 5.69 Å². The van der Waals surface area contributed by atoms with Gasteiger partial charge in [-0.3, -0.25) is 4.57 Å². The maximum absolute atomic E-state index is 11.9. The van der Waals surface area contributed by atoms with Gasteiger partial charge in [0.1, 0.15) is 0 Å². The van der Waals surface area contributed by atoms with Crippen molar-refractivity contribution in [1.29, 1.82) is 0 Å². The van der Waals surface area contributed by atoms with Gasteiger partial charge in [-0.05, 0) is 42.1 Å². The molecule has 1 aromatic heterocycles. The van der Waals surface area contributed by atoms with Crippen molar-refractivity contribution in [2.45, 2.75) is 58.9 Å². The molecule has 0 aromatic carbocycles. The molecule has 18 heavy (non-hydrogen) atoms.